The first-order valence-corrected chi connectivity index (χ1v) is 9.43. The second-order valence-corrected chi connectivity index (χ2v) is 8.07. The predicted octanol–water partition coefficient (Wildman–Crippen LogP) is 4.01. The molecule has 0 saturated heterocycles. The van der Waals surface area contributed by atoms with Crippen LogP contribution in [-0.4, -0.2) is 5.78 Å². The van der Waals surface area contributed by atoms with E-state index >= 15 is 0 Å². The Labute approximate surface area is 150 Å². The number of benzene rings is 1. The number of nitrogens with two attached hydrogens (primary N) is 1. The van der Waals surface area contributed by atoms with Gasteiger partial charge in [0.05, 0.1) is 0 Å². The van der Waals surface area contributed by atoms with Crippen molar-refractivity contribution in [2.75, 3.05) is 0 Å². The smallest absolute Gasteiger partial charge is 0.260 e. The molecular weight excluding hydrogens is 345 g/mol. The SMILES string of the molecule is CC12CCC3c4cc(F)c(OSOON)cc4CCC3C1CCC2=O. The first kappa shape index (κ1) is 17.3. The van der Waals surface area contributed by atoms with E-state index in [-0.39, 0.29) is 11.2 Å². The van der Waals surface area contributed by atoms with E-state index in [4.69, 9.17) is 10.1 Å². The molecule has 0 spiro atoms. The highest BCUT2D eigenvalue weighted by molar-refractivity contribution is 7.90. The highest BCUT2D eigenvalue weighted by Gasteiger charge is 2.54. The number of Topliss-reactive ketones (excluding diaryl/α,β-unsaturated/α-hetero) is 1. The third-order valence-electron chi connectivity index (χ3n) is 6.68. The molecule has 0 heterocycles. The van der Waals surface area contributed by atoms with E-state index in [9.17, 15) is 9.18 Å². The van der Waals surface area contributed by atoms with E-state index in [0.29, 0.717) is 42.3 Å². The summed E-state index contributed by atoms with van der Waals surface area (Å²) < 4.78 is 24.0. The lowest BCUT2D eigenvalue weighted by atomic mass is 9.55. The van der Waals surface area contributed by atoms with Crippen molar-refractivity contribution < 1.29 is 22.7 Å². The molecule has 2 saturated carbocycles. The molecule has 5 nitrogen and oxygen atoms in total. The zero-order chi connectivity index (χ0) is 17.6. The lowest BCUT2D eigenvalue weighted by Crippen LogP contribution is -2.42. The van der Waals surface area contributed by atoms with Crippen molar-refractivity contribution in [3.05, 3.63) is 29.1 Å². The number of halogens is 1. The Bertz CT molecular complexity index is 700. The number of ketones is 1. The standard InChI is InChI=1S/C18H22FNO4S/c1-18-7-6-11-12(14(18)4-5-17(18)21)3-2-10-8-16(22-25-24-23-20)15(19)9-13(10)11/h8-9,11-12,14H,2-7,20H2,1H3. The minimum absolute atomic E-state index is 0.121. The molecule has 0 aromatic heterocycles. The lowest BCUT2D eigenvalue weighted by Gasteiger charge is -2.48. The van der Waals surface area contributed by atoms with Crippen LogP contribution in [0.2, 0.25) is 0 Å². The molecule has 2 N–H and O–H groups in total. The third-order valence-corrected chi connectivity index (χ3v) is 7.06. The van der Waals surface area contributed by atoms with Gasteiger partial charge in [-0.2, -0.15) is 5.90 Å². The molecule has 3 aliphatic rings. The zero-order valence-corrected chi connectivity index (χ0v) is 14.9. The maximum atomic E-state index is 14.4. The molecule has 25 heavy (non-hydrogen) atoms. The summed E-state index contributed by atoms with van der Waals surface area (Å²) in [5.74, 6) is 6.13. The normalized spacial score (nSPS) is 33.6. The van der Waals surface area contributed by atoms with Crippen LogP contribution in [0, 0.1) is 23.1 Å². The van der Waals surface area contributed by atoms with Gasteiger partial charge in [0.15, 0.2) is 11.6 Å². The third kappa shape index (κ3) is 2.77. The van der Waals surface area contributed by atoms with Gasteiger partial charge in [0.25, 0.3) is 12.3 Å². The number of carbonyl (C=O) groups excluding carboxylic acids is 1. The van der Waals surface area contributed by atoms with Crippen LogP contribution in [-0.2, 0) is 20.5 Å². The second-order valence-electron chi connectivity index (χ2n) is 7.63. The first-order valence-electron chi connectivity index (χ1n) is 8.77. The summed E-state index contributed by atoms with van der Waals surface area (Å²) in [5, 5.41) is 0. The summed E-state index contributed by atoms with van der Waals surface area (Å²) in [6.45, 7) is 2.15. The number of aryl methyl sites for hydroxylation is 1. The van der Waals surface area contributed by atoms with Gasteiger partial charge in [0, 0.05) is 11.8 Å². The van der Waals surface area contributed by atoms with Gasteiger partial charge in [0.1, 0.15) is 5.78 Å². The number of hydrogen-bond donors (Lipinski definition) is 1. The molecule has 4 unspecified atom stereocenters. The molecule has 0 radical (unpaired) electrons. The van der Waals surface area contributed by atoms with Gasteiger partial charge in [0.2, 0.25) is 0 Å². The number of rotatable bonds is 4. The lowest BCUT2D eigenvalue weighted by molar-refractivity contribution is -0.199. The molecule has 1 aromatic carbocycles. The van der Waals surface area contributed by atoms with Crippen molar-refractivity contribution in [2.45, 2.75) is 51.4 Å². The number of carbonyl (C=O) groups is 1. The van der Waals surface area contributed by atoms with Crippen molar-refractivity contribution in [1.29, 1.82) is 0 Å². The Kier molecular flexibility index (Phi) is 4.52. The molecule has 7 heteroatoms. The summed E-state index contributed by atoms with van der Waals surface area (Å²) in [6.07, 6.45) is 5.49. The molecule has 136 valence electrons. The van der Waals surface area contributed by atoms with Gasteiger partial charge < -0.3 is 4.18 Å². The average molecular weight is 367 g/mol. The van der Waals surface area contributed by atoms with Gasteiger partial charge in [-0.15, -0.1) is 9.32 Å². The Hall–Kier alpha value is -1.15. The molecule has 0 aliphatic heterocycles. The minimum Gasteiger partial charge on any atom is -0.395 e. The van der Waals surface area contributed by atoms with Gasteiger partial charge in [-0.3, -0.25) is 4.79 Å². The Morgan fingerprint density at radius 1 is 1.28 bits per heavy atom. The van der Waals surface area contributed by atoms with E-state index in [1.165, 1.54) is 0 Å². The minimum atomic E-state index is -0.414. The van der Waals surface area contributed by atoms with Crippen LogP contribution < -0.4 is 10.1 Å². The van der Waals surface area contributed by atoms with E-state index in [1.807, 2.05) is 0 Å². The van der Waals surface area contributed by atoms with E-state index < -0.39 is 5.82 Å². The summed E-state index contributed by atoms with van der Waals surface area (Å²) in [6, 6.07) is 3.35. The molecular formula is C18H22FNO4S. The number of hydrogen-bond acceptors (Lipinski definition) is 6. The number of fused-ring (bicyclic) bond motifs is 5. The molecule has 0 bridgehead atoms. The van der Waals surface area contributed by atoms with Gasteiger partial charge in [-0.05, 0) is 73.1 Å². The van der Waals surface area contributed by atoms with Crippen molar-refractivity contribution in [3.63, 3.8) is 0 Å². The second kappa shape index (κ2) is 6.54. The largest absolute Gasteiger partial charge is 0.395 e. The Balaban J connectivity index is 1.60. The maximum absolute atomic E-state index is 14.4. The molecule has 0 amide bonds. The van der Waals surface area contributed by atoms with Crippen molar-refractivity contribution >= 4 is 18.1 Å². The van der Waals surface area contributed by atoms with Crippen LogP contribution in [0.3, 0.4) is 0 Å². The maximum Gasteiger partial charge on any atom is 0.260 e. The van der Waals surface area contributed by atoms with E-state index in [1.54, 1.807) is 12.1 Å². The predicted molar refractivity (Wildman–Crippen MR) is 90.6 cm³/mol. The van der Waals surface area contributed by atoms with Gasteiger partial charge in [-0.1, -0.05) is 6.92 Å². The highest BCUT2D eigenvalue weighted by atomic mass is 32.2. The summed E-state index contributed by atoms with van der Waals surface area (Å²) in [5.41, 5.74) is 2.06. The molecule has 2 fully saturated rings. The van der Waals surface area contributed by atoms with Crippen LogP contribution >= 0.6 is 12.3 Å². The van der Waals surface area contributed by atoms with Crippen LogP contribution in [0.15, 0.2) is 12.1 Å². The average Bonchev–Trinajstić information content (AvgIpc) is 2.91. The van der Waals surface area contributed by atoms with Crippen LogP contribution in [0.25, 0.3) is 0 Å². The molecule has 4 rings (SSSR count). The fourth-order valence-electron chi connectivity index (χ4n) is 5.47. The van der Waals surface area contributed by atoms with Gasteiger partial charge >= 0.3 is 0 Å². The van der Waals surface area contributed by atoms with Crippen LogP contribution in [0.4, 0.5) is 4.39 Å². The Morgan fingerprint density at radius 2 is 2.12 bits per heavy atom. The summed E-state index contributed by atoms with van der Waals surface area (Å²) >= 11 is 0.481. The topological polar surface area (TPSA) is 70.8 Å². The highest BCUT2D eigenvalue weighted by Crippen LogP contribution is 2.59. The van der Waals surface area contributed by atoms with Crippen molar-refractivity contribution in [1.82, 2.24) is 0 Å². The summed E-state index contributed by atoms with van der Waals surface area (Å²) in [4.78, 5) is 16.3. The van der Waals surface area contributed by atoms with Gasteiger partial charge in [-0.25, -0.2) is 4.39 Å². The van der Waals surface area contributed by atoms with Crippen molar-refractivity contribution in [3.8, 4) is 5.75 Å². The van der Waals surface area contributed by atoms with E-state index in [2.05, 4.69) is 16.2 Å². The Morgan fingerprint density at radius 3 is 2.92 bits per heavy atom. The first-order chi connectivity index (χ1) is 12.0. The van der Waals surface area contributed by atoms with Crippen LogP contribution in [0.5, 0.6) is 5.75 Å². The molecule has 3 aliphatic carbocycles. The monoisotopic (exact) mass is 367 g/mol. The summed E-state index contributed by atoms with van der Waals surface area (Å²) in [7, 11) is 0. The fourth-order valence-corrected chi connectivity index (χ4v) is 5.73. The molecule has 4 atom stereocenters. The zero-order valence-electron chi connectivity index (χ0n) is 14.1. The quantitative estimate of drug-likeness (QED) is 0.375. The van der Waals surface area contributed by atoms with E-state index in [0.717, 1.165) is 43.2 Å². The van der Waals surface area contributed by atoms with Crippen LogP contribution in [0.1, 0.15) is 56.1 Å². The van der Waals surface area contributed by atoms with Crippen molar-refractivity contribution in [2.24, 2.45) is 23.1 Å². The fraction of sp³-hybridized carbons (Fsp3) is 0.611. The molecule has 1 aromatic rings.